The van der Waals surface area contributed by atoms with Gasteiger partial charge < -0.3 is 4.74 Å². The summed E-state index contributed by atoms with van der Waals surface area (Å²) < 4.78 is 5.64. The molecule has 0 aliphatic carbocycles. The second kappa shape index (κ2) is 5.08. The van der Waals surface area contributed by atoms with E-state index in [9.17, 15) is 0 Å². The molecule has 1 fully saturated rings. The summed E-state index contributed by atoms with van der Waals surface area (Å²) in [5, 5.41) is 0.313. The molecular formula is C10H19ClO. The standard InChI is InChI=1S/C10H19ClO/c1-3-4-10-7-9(8(2)11)5-6-12-10/h8-10H,3-7H2,1-2H3. The lowest BCUT2D eigenvalue weighted by atomic mass is 9.91. The molecule has 1 rings (SSSR count). The van der Waals surface area contributed by atoms with Crippen LogP contribution in [0.2, 0.25) is 0 Å². The molecule has 3 unspecified atom stereocenters. The Morgan fingerprint density at radius 1 is 1.58 bits per heavy atom. The topological polar surface area (TPSA) is 9.23 Å². The molecule has 0 aromatic carbocycles. The molecule has 0 bridgehead atoms. The first-order chi connectivity index (χ1) is 5.74. The zero-order chi connectivity index (χ0) is 8.97. The molecule has 0 N–H and O–H groups in total. The zero-order valence-corrected chi connectivity index (χ0v) is 8.81. The average Bonchev–Trinajstić information content (AvgIpc) is 2.05. The van der Waals surface area contributed by atoms with Crippen molar-refractivity contribution in [1.82, 2.24) is 0 Å². The van der Waals surface area contributed by atoms with Gasteiger partial charge in [-0.05, 0) is 32.1 Å². The Kier molecular flexibility index (Phi) is 4.38. The summed E-state index contributed by atoms with van der Waals surface area (Å²) in [4.78, 5) is 0. The monoisotopic (exact) mass is 190 g/mol. The van der Waals surface area contributed by atoms with Crippen LogP contribution in [-0.2, 0) is 4.74 Å². The Labute approximate surface area is 80.4 Å². The molecule has 0 spiro atoms. The third kappa shape index (κ3) is 2.95. The van der Waals surface area contributed by atoms with Gasteiger partial charge in [-0.1, -0.05) is 13.3 Å². The van der Waals surface area contributed by atoms with E-state index in [1.165, 1.54) is 19.3 Å². The van der Waals surface area contributed by atoms with Crippen molar-refractivity contribution in [2.24, 2.45) is 5.92 Å². The number of alkyl halides is 1. The SMILES string of the molecule is CCCC1CC(C(C)Cl)CCO1. The molecule has 0 aromatic rings. The fraction of sp³-hybridized carbons (Fsp3) is 1.00. The van der Waals surface area contributed by atoms with Crippen LogP contribution in [0.4, 0.5) is 0 Å². The molecule has 1 nitrogen and oxygen atoms in total. The zero-order valence-electron chi connectivity index (χ0n) is 8.05. The second-order valence-electron chi connectivity index (χ2n) is 3.74. The number of hydrogen-bond donors (Lipinski definition) is 0. The maximum Gasteiger partial charge on any atom is 0.0578 e. The lowest BCUT2D eigenvalue weighted by molar-refractivity contribution is -0.0132. The van der Waals surface area contributed by atoms with Crippen LogP contribution < -0.4 is 0 Å². The van der Waals surface area contributed by atoms with Crippen LogP contribution in [0.5, 0.6) is 0 Å². The minimum atomic E-state index is 0.313. The summed E-state index contributed by atoms with van der Waals surface area (Å²) in [5.41, 5.74) is 0. The Balaban J connectivity index is 2.30. The van der Waals surface area contributed by atoms with Crippen molar-refractivity contribution in [3.05, 3.63) is 0 Å². The molecule has 72 valence electrons. The van der Waals surface area contributed by atoms with Crippen molar-refractivity contribution in [3.8, 4) is 0 Å². The van der Waals surface area contributed by atoms with Gasteiger partial charge in [-0.3, -0.25) is 0 Å². The van der Waals surface area contributed by atoms with Crippen molar-refractivity contribution in [3.63, 3.8) is 0 Å². The van der Waals surface area contributed by atoms with Gasteiger partial charge in [0.2, 0.25) is 0 Å². The van der Waals surface area contributed by atoms with E-state index in [2.05, 4.69) is 13.8 Å². The summed E-state index contributed by atoms with van der Waals surface area (Å²) in [6, 6.07) is 0. The van der Waals surface area contributed by atoms with Gasteiger partial charge in [-0.15, -0.1) is 11.6 Å². The van der Waals surface area contributed by atoms with Gasteiger partial charge in [-0.25, -0.2) is 0 Å². The van der Waals surface area contributed by atoms with Crippen molar-refractivity contribution in [2.75, 3.05) is 6.61 Å². The largest absolute Gasteiger partial charge is 0.378 e. The Hall–Kier alpha value is 0.250. The normalized spacial score (nSPS) is 33.2. The van der Waals surface area contributed by atoms with Gasteiger partial charge in [0.1, 0.15) is 0 Å². The fourth-order valence-electron chi connectivity index (χ4n) is 1.85. The maximum atomic E-state index is 6.07. The molecule has 0 aromatic heterocycles. The fourth-order valence-corrected chi connectivity index (χ4v) is 2.08. The van der Waals surface area contributed by atoms with Crippen LogP contribution in [0.3, 0.4) is 0 Å². The van der Waals surface area contributed by atoms with Crippen LogP contribution in [0.25, 0.3) is 0 Å². The lowest BCUT2D eigenvalue weighted by Crippen LogP contribution is -2.29. The predicted octanol–water partition coefficient (Wildman–Crippen LogP) is 3.21. The number of ether oxygens (including phenoxy) is 1. The quantitative estimate of drug-likeness (QED) is 0.621. The van der Waals surface area contributed by atoms with E-state index in [0.717, 1.165) is 13.0 Å². The minimum absolute atomic E-state index is 0.313. The van der Waals surface area contributed by atoms with Crippen LogP contribution in [-0.4, -0.2) is 18.1 Å². The van der Waals surface area contributed by atoms with Crippen LogP contribution in [0, 0.1) is 5.92 Å². The molecule has 1 aliphatic heterocycles. The third-order valence-corrected chi connectivity index (χ3v) is 3.02. The Morgan fingerprint density at radius 2 is 2.33 bits per heavy atom. The molecule has 0 amide bonds. The van der Waals surface area contributed by atoms with E-state index < -0.39 is 0 Å². The van der Waals surface area contributed by atoms with Gasteiger partial charge in [0.15, 0.2) is 0 Å². The Morgan fingerprint density at radius 3 is 2.92 bits per heavy atom. The molecule has 1 heterocycles. The lowest BCUT2D eigenvalue weighted by Gasteiger charge is -2.30. The van der Waals surface area contributed by atoms with Crippen molar-refractivity contribution >= 4 is 11.6 Å². The number of rotatable bonds is 3. The summed E-state index contributed by atoms with van der Waals surface area (Å²) >= 11 is 6.07. The van der Waals surface area contributed by atoms with Gasteiger partial charge >= 0.3 is 0 Å². The van der Waals surface area contributed by atoms with Crippen molar-refractivity contribution in [1.29, 1.82) is 0 Å². The van der Waals surface area contributed by atoms with E-state index in [0.29, 0.717) is 17.4 Å². The predicted molar refractivity (Wildman–Crippen MR) is 52.7 cm³/mol. The van der Waals surface area contributed by atoms with E-state index in [4.69, 9.17) is 16.3 Å². The Bertz CT molecular complexity index is 123. The molecule has 0 saturated carbocycles. The van der Waals surface area contributed by atoms with Gasteiger partial charge in [0.25, 0.3) is 0 Å². The molecule has 12 heavy (non-hydrogen) atoms. The average molecular weight is 191 g/mol. The molecule has 0 radical (unpaired) electrons. The first kappa shape index (κ1) is 10.3. The minimum Gasteiger partial charge on any atom is -0.378 e. The van der Waals surface area contributed by atoms with E-state index in [1.807, 2.05) is 0 Å². The third-order valence-electron chi connectivity index (χ3n) is 2.67. The summed E-state index contributed by atoms with van der Waals surface area (Å²) in [6.07, 6.45) is 5.20. The first-order valence-electron chi connectivity index (χ1n) is 4.99. The van der Waals surface area contributed by atoms with Crippen LogP contribution in [0.1, 0.15) is 39.5 Å². The van der Waals surface area contributed by atoms with E-state index >= 15 is 0 Å². The van der Waals surface area contributed by atoms with Crippen molar-refractivity contribution < 1.29 is 4.74 Å². The molecule has 2 heteroatoms. The molecule has 1 aliphatic rings. The highest BCUT2D eigenvalue weighted by Gasteiger charge is 2.24. The highest BCUT2D eigenvalue weighted by Crippen LogP contribution is 2.27. The molecular weight excluding hydrogens is 172 g/mol. The second-order valence-corrected chi connectivity index (χ2v) is 4.43. The summed E-state index contributed by atoms with van der Waals surface area (Å²) in [5.74, 6) is 0.678. The first-order valence-corrected chi connectivity index (χ1v) is 5.43. The summed E-state index contributed by atoms with van der Waals surface area (Å²) in [6.45, 7) is 5.21. The van der Waals surface area contributed by atoms with E-state index in [1.54, 1.807) is 0 Å². The van der Waals surface area contributed by atoms with Crippen LogP contribution in [0.15, 0.2) is 0 Å². The smallest absolute Gasteiger partial charge is 0.0578 e. The van der Waals surface area contributed by atoms with Crippen LogP contribution >= 0.6 is 11.6 Å². The highest BCUT2D eigenvalue weighted by molar-refractivity contribution is 6.20. The van der Waals surface area contributed by atoms with Gasteiger partial charge in [0, 0.05) is 12.0 Å². The maximum absolute atomic E-state index is 6.07. The van der Waals surface area contributed by atoms with Crippen molar-refractivity contribution in [2.45, 2.75) is 51.0 Å². The molecule has 3 atom stereocenters. The number of halogens is 1. The highest BCUT2D eigenvalue weighted by atomic mass is 35.5. The van der Waals surface area contributed by atoms with E-state index in [-0.39, 0.29) is 0 Å². The summed E-state index contributed by atoms with van der Waals surface area (Å²) in [7, 11) is 0. The van der Waals surface area contributed by atoms with Gasteiger partial charge in [0.05, 0.1) is 6.10 Å². The molecule has 1 saturated heterocycles. The van der Waals surface area contributed by atoms with Gasteiger partial charge in [-0.2, -0.15) is 0 Å². The number of hydrogen-bond acceptors (Lipinski definition) is 1.